The largest absolute Gasteiger partial charge is 0.504 e. The van der Waals surface area contributed by atoms with Gasteiger partial charge in [0.05, 0.1) is 13.7 Å². The molecule has 2 aromatic carbocycles. The molecule has 0 aliphatic rings. The molecule has 0 aliphatic heterocycles. The average Bonchev–Trinajstić information content (AvgIpc) is 2.64. The molecule has 3 N–H and O–H groups in total. The number of hydrogen-bond acceptors (Lipinski definition) is 7. The second kappa shape index (κ2) is 6.87. The quantitative estimate of drug-likeness (QED) is 0.641. The second-order valence-electron chi connectivity index (χ2n) is 5.64. The molecule has 0 unspecified atom stereocenters. The van der Waals surface area contributed by atoms with Crippen molar-refractivity contribution >= 4 is 11.0 Å². The Kier molecular flexibility index (Phi) is 4.62. The molecule has 0 saturated heterocycles. The molecule has 0 saturated carbocycles. The summed E-state index contributed by atoms with van der Waals surface area (Å²) in [4.78, 5) is 12.6. The number of rotatable bonds is 5. The van der Waals surface area contributed by atoms with Gasteiger partial charge >= 0.3 is 0 Å². The van der Waals surface area contributed by atoms with E-state index < -0.39 is 16.9 Å². The summed E-state index contributed by atoms with van der Waals surface area (Å²) < 4.78 is 16.0. The van der Waals surface area contributed by atoms with E-state index in [2.05, 4.69) is 0 Å². The number of methoxy groups -OCH3 is 1. The first-order valence-corrected chi connectivity index (χ1v) is 7.99. The van der Waals surface area contributed by atoms with E-state index in [0.717, 1.165) is 0 Å². The van der Waals surface area contributed by atoms with Crippen molar-refractivity contribution in [3.8, 4) is 40.1 Å². The first-order valence-electron chi connectivity index (χ1n) is 7.99. The van der Waals surface area contributed by atoms with E-state index in [0.29, 0.717) is 17.7 Å². The number of aromatic hydroxyl groups is 3. The van der Waals surface area contributed by atoms with E-state index in [-0.39, 0.29) is 34.8 Å². The Bertz CT molecular complexity index is 1020. The normalized spacial score (nSPS) is 10.8. The molecule has 0 spiro atoms. The van der Waals surface area contributed by atoms with Crippen LogP contribution in [0.4, 0.5) is 0 Å². The number of fused-ring (bicyclic) bond motifs is 1. The minimum absolute atomic E-state index is 0.0792. The van der Waals surface area contributed by atoms with Crippen molar-refractivity contribution in [2.45, 2.75) is 13.3 Å². The summed E-state index contributed by atoms with van der Waals surface area (Å²) in [7, 11) is 1.49. The lowest BCUT2D eigenvalue weighted by molar-refractivity contribution is 0.284. The van der Waals surface area contributed by atoms with Crippen molar-refractivity contribution in [1.29, 1.82) is 0 Å². The molecule has 0 bridgehead atoms. The van der Waals surface area contributed by atoms with Crippen molar-refractivity contribution in [1.82, 2.24) is 0 Å². The van der Waals surface area contributed by atoms with Crippen LogP contribution >= 0.6 is 0 Å². The zero-order chi connectivity index (χ0) is 18.8. The van der Waals surface area contributed by atoms with Crippen molar-refractivity contribution in [3.63, 3.8) is 0 Å². The van der Waals surface area contributed by atoms with Gasteiger partial charge in [-0.3, -0.25) is 4.79 Å². The van der Waals surface area contributed by atoms with E-state index in [1.54, 1.807) is 24.3 Å². The Balaban J connectivity index is 2.26. The van der Waals surface area contributed by atoms with Crippen molar-refractivity contribution in [2.75, 3.05) is 13.7 Å². The Hall–Kier alpha value is -3.35. The summed E-state index contributed by atoms with van der Waals surface area (Å²) >= 11 is 0. The van der Waals surface area contributed by atoms with Crippen LogP contribution in [0.2, 0.25) is 0 Å². The molecule has 0 radical (unpaired) electrons. The summed E-state index contributed by atoms with van der Waals surface area (Å²) in [6.07, 6.45) is 0.644. The summed E-state index contributed by atoms with van der Waals surface area (Å²) in [6, 6.07) is 7.76. The number of benzene rings is 2. The summed E-state index contributed by atoms with van der Waals surface area (Å²) in [5.41, 5.74) is -0.501. The molecule has 0 fully saturated rings. The van der Waals surface area contributed by atoms with Crippen molar-refractivity contribution in [3.05, 3.63) is 40.6 Å². The van der Waals surface area contributed by atoms with Gasteiger partial charge in [-0.1, -0.05) is 19.1 Å². The van der Waals surface area contributed by atoms with Crippen LogP contribution in [0.3, 0.4) is 0 Å². The van der Waals surface area contributed by atoms with Gasteiger partial charge in [0.25, 0.3) is 0 Å². The zero-order valence-corrected chi connectivity index (χ0v) is 14.3. The lowest BCUT2D eigenvalue weighted by Crippen LogP contribution is -2.05. The van der Waals surface area contributed by atoms with Crippen molar-refractivity contribution < 1.29 is 29.2 Å². The third-order valence-electron chi connectivity index (χ3n) is 3.85. The first-order chi connectivity index (χ1) is 12.5. The average molecular weight is 358 g/mol. The van der Waals surface area contributed by atoms with E-state index in [1.165, 1.54) is 13.2 Å². The summed E-state index contributed by atoms with van der Waals surface area (Å²) in [5.74, 6) is -1.40. The van der Waals surface area contributed by atoms with E-state index in [4.69, 9.17) is 13.9 Å². The van der Waals surface area contributed by atoms with Gasteiger partial charge in [0.2, 0.25) is 16.9 Å². The van der Waals surface area contributed by atoms with Crippen LogP contribution < -0.4 is 14.9 Å². The highest BCUT2D eigenvalue weighted by Crippen LogP contribution is 2.43. The topological polar surface area (TPSA) is 109 Å². The number of phenolic OH excluding ortho intramolecular Hbond substituents is 2. The fourth-order valence-corrected chi connectivity index (χ4v) is 2.60. The molecule has 7 nitrogen and oxygen atoms in total. The third kappa shape index (κ3) is 2.88. The molecule has 1 heterocycles. The number of hydrogen-bond donors (Lipinski definition) is 3. The van der Waals surface area contributed by atoms with E-state index in [9.17, 15) is 20.1 Å². The van der Waals surface area contributed by atoms with Crippen LogP contribution in [0.1, 0.15) is 13.3 Å². The Morgan fingerprint density at radius 3 is 2.58 bits per heavy atom. The fourth-order valence-electron chi connectivity index (χ4n) is 2.60. The molecule has 3 rings (SSSR count). The Labute approximate surface area is 148 Å². The predicted molar refractivity (Wildman–Crippen MR) is 95.3 cm³/mol. The summed E-state index contributed by atoms with van der Waals surface area (Å²) in [6.45, 7) is 2.10. The van der Waals surface area contributed by atoms with Crippen LogP contribution in [-0.4, -0.2) is 29.0 Å². The molecular formula is C19H18O7. The lowest BCUT2D eigenvalue weighted by Gasteiger charge is -2.12. The minimum atomic E-state index is -0.831. The molecule has 3 aromatic rings. The Morgan fingerprint density at radius 2 is 1.88 bits per heavy atom. The second-order valence-corrected chi connectivity index (χ2v) is 5.64. The van der Waals surface area contributed by atoms with Gasteiger partial charge in [0, 0.05) is 11.6 Å². The maximum atomic E-state index is 12.6. The van der Waals surface area contributed by atoms with Gasteiger partial charge in [-0.05, 0) is 18.6 Å². The standard InChI is InChI=1S/C19H18O7/c1-3-7-25-19-12(20)9-13-14(16(19)22)15(21)17(23)18(26-13)10-5-4-6-11(8-10)24-2/h4-6,8-9,20,22-23H,3,7H2,1-2H3. The van der Waals surface area contributed by atoms with Crippen LogP contribution in [0.25, 0.3) is 22.3 Å². The van der Waals surface area contributed by atoms with Gasteiger partial charge in [-0.25, -0.2) is 0 Å². The van der Waals surface area contributed by atoms with Gasteiger partial charge in [-0.2, -0.15) is 0 Å². The molecular weight excluding hydrogens is 340 g/mol. The lowest BCUT2D eigenvalue weighted by atomic mass is 10.1. The highest BCUT2D eigenvalue weighted by Gasteiger charge is 2.23. The molecule has 1 aromatic heterocycles. The predicted octanol–water partition coefficient (Wildman–Crippen LogP) is 3.37. The van der Waals surface area contributed by atoms with Gasteiger partial charge in [0.1, 0.15) is 16.7 Å². The fraction of sp³-hybridized carbons (Fsp3) is 0.211. The van der Waals surface area contributed by atoms with E-state index >= 15 is 0 Å². The van der Waals surface area contributed by atoms with Gasteiger partial charge < -0.3 is 29.2 Å². The van der Waals surface area contributed by atoms with Crippen LogP contribution in [0.15, 0.2) is 39.5 Å². The van der Waals surface area contributed by atoms with Crippen LogP contribution in [0, 0.1) is 0 Å². The first kappa shape index (κ1) is 17.5. The monoisotopic (exact) mass is 358 g/mol. The van der Waals surface area contributed by atoms with Crippen LogP contribution in [0.5, 0.6) is 28.7 Å². The molecule has 0 atom stereocenters. The Morgan fingerprint density at radius 1 is 1.12 bits per heavy atom. The smallest absolute Gasteiger partial charge is 0.238 e. The number of phenols is 2. The van der Waals surface area contributed by atoms with E-state index in [1.807, 2.05) is 6.92 Å². The molecule has 26 heavy (non-hydrogen) atoms. The van der Waals surface area contributed by atoms with Gasteiger partial charge in [0.15, 0.2) is 17.3 Å². The molecule has 0 amide bonds. The summed E-state index contributed by atoms with van der Waals surface area (Å²) in [5, 5.41) is 30.5. The highest BCUT2D eigenvalue weighted by molar-refractivity contribution is 5.91. The third-order valence-corrected chi connectivity index (χ3v) is 3.85. The molecule has 0 aliphatic carbocycles. The highest BCUT2D eigenvalue weighted by atomic mass is 16.5. The number of ether oxygens (including phenoxy) is 2. The van der Waals surface area contributed by atoms with Gasteiger partial charge in [-0.15, -0.1) is 0 Å². The molecule has 7 heteroatoms. The maximum Gasteiger partial charge on any atom is 0.238 e. The van der Waals surface area contributed by atoms with Crippen molar-refractivity contribution in [2.24, 2.45) is 0 Å². The maximum absolute atomic E-state index is 12.6. The zero-order valence-electron chi connectivity index (χ0n) is 14.3. The van der Waals surface area contributed by atoms with Crippen LogP contribution in [-0.2, 0) is 0 Å². The SMILES string of the molecule is CCCOc1c(O)cc2oc(-c3cccc(OC)c3)c(O)c(=O)c2c1O. The minimum Gasteiger partial charge on any atom is -0.504 e. The molecule has 136 valence electrons.